The average Bonchev–Trinajstić information content (AvgIpc) is 2.05. The summed E-state index contributed by atoms with van der Waals surface area (Å²) in [5.74, 6) is -0.706. The van der Waals surface area contributed by atoms with Gasteiger partial charge in [0.25, 0.3) is 0 Å². The third-order valence-corrected chi connectivity index (χ3v) is 1.03. The lowest BCUT2D eigenvalue weighted by Crippen LogP contribution is -2.18. The monoisotopic (exact) mass is 168 g/mol. The van der Waals surface area contributed by atoms with Crippen molar-refractivity contribution in [2.45, 2.75) is 20.0 Å². The van der Waals surface area contributed by atoms with Gasteiger partial charge in [-0.25, -0.2) is 4.79 Å². The molecule has 3 heteroatoms. The maximum atomic E-state index is 10.8. The molecule has 0 aromatic rings. The standard InChI is InChI=1S/C9H12O3/c1-3-5-7-12-9(11)8(10)6-4-2/h3-4,6-8,10H,1-2H3. The van der Waals surface area contributed by atoms with Crippen LogP contribution in [0, 0.1) is 0 Å². The van der Waals surface area contributed by atoms with E-state index >= 15 is 0 Å². The number of hydrogen-bond acceptors (Lipinski definition) is 3. The van der Waals surface area contributed by atoms with Crippen LogP contribution in [0.4, 0.5) is 0 Å². The Morgan fingerprint density at radius 2 is 2.25 bits per heavy atom. The van der Waals surface area contributed by atoms with E-state index in [2.05, 4.69) is 10.5 Å². The van der Waals surface area contributed by atoms with Crippen LogP contribution in [0.3, 0.4) is 0 Å². The zero-order valence-electron chi connectivity index (χ0n) is 7.15. The van der Waals surface area contributed by atoms with Crippen LogP contribution in [-0.4, -0.2) is 17.2 Å². The van der Waals surface area contributed by atoms with Gasteiger partial charge in [-0.1, -0.05) is 11.8 Å². The van der Waals surface area contributed by atoms with Gasteiger partial charge in [-0.2, -0.15) is 0 Å². The topological polar surface area (TPSA) is 46.5 Å². The van der Waals surface area contributed by atoms with Gasteiger partial charge in [0.2, 0.25) is 0 Å². The zero-order valence-corrected chi connectivity index (χ0v) is 7.15. The summed E-state index contributed by atoms with van der Waals surface area (Å²) in [7, 11) is 0. The molecule has 0 bridgehead atoms. The Morgan fingerprint density at radius 1 is 1.58 bits per heavy atom. The van der Waals surface area contributed by atoms with E-state index in [0.717, 1.165) is 6.26 Å². The Hall–Kier alpha value is -1.31. The molecular formula is C9H12O3. The number of aliphatic hydroxyl groups is 1. The van der Waals surface area contributed by atoms with E-state index < -0.39 is 12.1 Å². The highest BCUT2D eigenvalue weighted by Crippen LogP contribution is 1.91. The SMILES string of the molecule is CC=C=COC(=O)C(O)C=CC. The molecule has 3 nitrogen and oxygen atoms in total. The summed E-state index contributed by atoms with van der Waals surface area (Å²) in [6, 6.07) is 0. The van der Waals surface area contributed by atoms with Crippen LogP contribution in [0.25, 0.3) is 0 Å². The van der Waals surface area contributed by atoms with Crippen LogP contribution in [0.2, 0.25) is 0 Å². The molecule has 0 aliphatic rings. The first-order valence-electron chi connectivity index (χ1n) is 3.59. The number of esters is 1. The van der Waals surface area contributed by atoms with Gasteiger partial charge in [-0.15, -0.1) is 0 Å². The van der Waals surface area contributed by atoms with Gasteiger partial charge >= 0.3 is 5.97 Å². The molecule has 0 fully saturated rings. The fourth-order valence-corrected chi connectivity index (χ4v) is 0.491. The molecular weight excluding hydrogens is 156 g/mol. The van der Waals surface area contributed by atoms with Gasteiger partial charge in [0, 0.05) is 0 Å². The van der Waals surface area contributed by atoms with Crippen molar-refractivity contribution in [3.8, 4) is 0 Å². The zero-order chi connectivity index (χ0) is 9.40. The van der Waals surface area contributed by atoms with Crippen LogP contribution in [0.15, 0.2) is 30.2 Å². The highest BCUT2D eigenvalue weighted by molar-refractivity contribution is 5.76. The normalized spacial score (nSPS) is 11.9. The molecule has 12 heavy (non-hydrogen) atoms. The van der Waals surface area contributed by atoms with Crippen LogP contribution in [0.5, 0.6) is 0 Å². The second-order valence-electron chi connectivity index (χ2n) is 1.98. The quantitative estimate of drug-likeness (QED) is 0.297. The summed E-state index contributed by atoms with van der Waals surface area (Å²) in [4.78, 5) is 10.8. The molecule has 0 radical (unpaired) electrons. The third-order valence-electron chi connectivity index (χ3n) is 1.03. The number of ether oxygens (including phenoxy) is 1. The summed E-state index contributed by atoms with van der Waals surface area (Å²) >= 11 is 0. The predicted molar refractivity (Wildman–Crippen MR) is 45.2 cm³/mol. The number of rotatable bonds is 3. The van der Waals surface area contributed by atoms with Crippen molar-refractivity contribution < 1.29 is 14.6 Å². The van der Waals surface area contributed by atoms with Crippen LogP contribution in [-0.2, 0) is 9.53 Å². The summed E-state index contributed by atoms with van der Waals surface area (Å²) in [5.41, 5.74) is 2.55. The van der Waals surface area contributed by atoms with Crippen molar-refractivity contribution in [2.75, 3.05) is 0 Å². The van der Waals surface area contributed by atoms with Gasteiger partial charge in [-0.3, -0.25) is 0 Å². The molecule has 0 rings (SSSR count). The van der Waals surface area contributed by atoms with E-state index in [1.807, 2.05) is 0 Å². The molecule has 0 amide bonds. The third kappa shape index (κ3) is 4.50. The van der Waals surface area contributed by atoms with Crippen molar-refractivity contribution in [2.24, 2.45) is 0 Å². The minimum absolute atomic E-state index is 0.706. The molecule has 1 N–H and O–H groups in total. The van der Waals surface area contributed by atoms with Crippen LogP contribution >= 0.6 is 0 Å². The highest BCUT2D eigenvalue weighted by atomic mass is 16.5. The first kappa shape index (κ1) is 10.7. The molecule has 0 heterocycles. The van der Waals surface area contributed by atoms with Crippen LogP contribution < -0.4 is 0 Å². The Kier molecular flexibility index (Phi) is 5.70. The maximum absolute atomic E-state index is 10.8. The first-order valence-corrected chi connectivity index (χ1v) is 3.59. The lowest BCUT2D eigenvalue weighted by atomic mass is 10.3. The molecule has 0 aromatic heterocycles. The van der Waals surface area contributed by atoms with E-state index in [-0.39, 0.29) is 0 Å². The van der Waals surface area contributed by atoms with Gasteiger partial charge < -0.3 is 9.84 Å². The van der Waals surface area contributed by atoms with Gasteiger partial charge in [-0.05, 0) is 26.0 Å². The molecule has 0 saturated heterocycles. The number of hydrogen-bond donors (Lipinski definition) is 1. The Morgan fingerprint density at radius 3 is 2.75 bits per heavy atom. The van der Waals surface area contributed by atoms with Crippen molar-refractivity contribution >= 4 is 5.97 Å². The first-order chi connectivity index (χ1) is 5.72. The smallest absolute Gasteiger partial charge is 0.344 e. The fourth-order valence-electron chi connectivity index (χ4n) is 0.491. The summed E-state index contributed by atoms with van der Waals surface area (Å²) in [6.07, 6.45) is 4.42. The highest BCUT2D eigenvalue weighted by Gasteiger charge is 2.10. The second-order valence-corrected chi connectivity index (χ2v) is 1.98. The molecule has 0 aliphatic carbocycles. The molecule has 0 aromatic carbocycles. The largest absolute Gasteiger partial charge is 0.424 e. The molecule has 0 saturated carbocycles. The number of aliphatic hydroxyl groups excluding tert-OH is 1. The van der Waals surface area contributed by atoms with Crippen LogP contribution in [0.1, 0.15) is 13.8 Å². The summed E-state index contributed by atoms with van der Waals surface area (Å²) in [5, 5.41) is 9.00. The Balaban J connectivity index is 3.96. The summed E-state index contributed by atoms with van der Waals surface area (Å²) < 4.78 is 4.49. The van der Waals surface area contributed by atoms with Crippen molar-refractivity contribution in [1.82, 2.24) is 0 Å². The minimum Gasteiger partial charge on any atom is -0.424 e. The van der Waals surface area contributed by atoms with E-state index in [4.69, 9.17) is 5.11 Å². The fraction of sp³-hybridized carbons (Fsp3) is 0.333. The van der Waals surface area contributed by atoms with Crippen molar-refractivity contribution in [3.05, 3.63) is 30.2 Å². The van der Waals surface area contributed by atoms with E-state index in [0.29, 0.717) is 0 Å². The molecule has 66 valence electrons. The Labute approximate surface area is 71.7 Å². The number of carbonyl (C=O) groups is 1. The molecule has 0 aliphatic heterocycles. The molecule has 1 atom stereocenters. The maximum Gasteiger partial charge on any atom is 0.344 e. The van der Waals surface area contributed by atoms with E-state index in [1.54, 1.807) is 26.0 Å². The predicted octanol–water partition coefficient (Wildman–Crippen LogP) is 1.16. The average molecular weight is 168 g/mol. The molecule has 1 unspecified atom stereocenters. The van der Waals surface area contributed by atoms with Crippen molar-refractivity contribution in [1.29, 1.82) is 0 Å². The lowest BCUT2D eigenvalue weighted by molar-refractivity contribution is -0.145. The summed E-state index contributed by atoms with van der Waals surface area (Å²) in [6.45, 7) is 3.45. The molecule has 0 spiro atoms. The minimum atomic E-state index is -1.19. The van der Waals surface area contributed by atoms with Crippen molar-refractivity contribution in [3.63, 3.8) is 0 Å². The lowest BCUT2D eigenvalue weighted by Gasteiger charge is -2.00. The van der Waals surface area contributed by atoms with Gasteiger partial charge in [0.15, 0.2) is 6.10 Å². The number of allylic oxidation sites excluding steroid dienone is 2. The van der Waals surface area contributed by atoms with Gasteiger partial charge in [0.1, 0.15) is 6.26 Å². The second kappa shape index (κ2) is 6.40. The van der Waals surface area contributed by atoms with E-state index in [1.165, 1.54) is 6.08 Å². The van der Waals surface area contributed by atoms with E-state index in [9.17, 15) is 4.79 Å². The van der Waals surface area contributed by atoms with Gasteiger partial charge in [0.05, 0.1) is 0 Å². The number of carbonyl (C=O) groups excluding carboxylic acids is 1. The Bertz CT molecular complexity index is 222.